The number of aliphatic hydroxyl groups excluding tert-OH is 2. The largest absolute Gasteiger partial charge is 0.480 e. The Morgan fingerprint density at radius 2 is 2.00 bits per heavy atom. The molecule has 0 aromatic carbocycles. The molecule has 0 unspecified atom stereocenters. The van der Waals surface area contributed by atoms with Gasteiger partial charge in [-0.2, -0.15) is 5.10 Å². The number of hydrogen-bond donors (Lipinski definition) is 3. The fourth-order valence-electron chi connectivity index (χ4n) is 3.91. The van der Waals surface area contributed by atoms with Gasteiger partial charge in [-0.05, 0) is 38.7 Å². The van der Waals surface area contributed by atoms with Crippen molar-refractivity contribution in [3.63, 3.8) is 0 Å². The van der Waals surface area contributed by atoms with E-state index in [2.05, 4.69) is 19.8 Å². The molecule has 0 bridgehead atoms. The fourth-order valence-corrected chi connectivity index (χ4v) is 6.39. The number of methoxy groups -OCH3 is 1. The second-order valence-electron chi connectivity index (χ2n) is 9.05. The Labute approximate surface area is 196 Å². The van der Waals surface area contributed by atoms with Crippen LogP contribution < -0.4 is 9.46 Å². The predicted molar refractivity (Wildman–Crippen MR) is 124 cm³/mol. The van der Waals surface area contributed by atoms with E-state index in [0.29, 0.717) is 47.6 Å². The van der Waals surface area contributed by atoms with E-state index in [1.807, 2.05) is 20.8 Å². The topological polar surface area (TPSA) is 139 Å². The molecule has 3 aromatic heterocycles. The van der Waals surface area contributed by atoms with Crippen molar-refractivity contribution in [2.45, 2.75) is 68.9 Å². The van der Waals surface area contributed by atoms with E-state index in [1.54, 1.807) is 10.7 Å². The second-order valence-corrected chi connectivity index (χ2v) is 11.7. The third-order valence-electron chi connectivity index (χ3n) is 5.95. The summed E-state index contributed by atoms with van der Waals surface area (Å²) in [5, 5.41) is 24.8. The first kappa shape index (κ1) is 24.0. The number of hydrogen-bond acceptors (Lipinski definition) is 9. The van der Waals surface area contributed by atoms with E-state index >= 15 is 0 Å². The monoisotopic (exact) mass is 495 g/mol. The molecule has 1 fully saturated rings. The summed E-state index contributed by atoms with van der Waals surface area (Å²) < 4.78 is 36.2. The summed E-state index contributed by atoms with van der Waals surface area (Å²) in [6.45, 7) is 5.56. The minimum atomic E-state index is -3.92. The number of pyridine rings is 1. The number of aryl methyl sites for hydroxylation is 1. The van der Waals surface area contributed by atoms with Gasteiger partial charge in [0.2, 0.25) is 20.9 Å². The molecule has 0 aliphatic heterocycles. The lowest BCUT2D eigenvalue weighted by Gasteiger charge is -2.26. The Balaban J connectivity index is 1.75. The van der Waals surface area contributed by atoms with Crippen LogP contribution in [-0.4, -0.2) is 64.1 Å². The Bertz CT molecular complexity index is 1260. The van der Waals surface area contributed by atoms with Crippen molar-refractivity contribution in [3.8, 4) is 17.1 Å². The molecule has 10 nitrogen and oxygen atoms in total. The Morgan fingerprint density at radius 1 is 1.30 bits per heavy atom. The predicted octanol–water partition coefficient (Wildman–Crippen LogP) is 2.02. The summed E-state index contributed by atoms with van der Waals surface area (Å²) in [6.07, 6.45) is 3.43. The lowest BCUT2D eigenvalue weighted by molar-refractivity contribution is 0.120. The number of fused-ring (bicyclic) bond motifs is 1. The third-order valence-corrected chi connectivity index (χ3v) is 8.73. The highest BCUT2D eigenvalue weighted by Gasteiger charge is 2.30. The van der Waals surface area contributed by atoms with Crippen molar-refractivity contribution in [3.05, 3.63) is 23.0 Å². The summed E-state index contributed by atoms with van der Waals surface area (Å²) in [5.41, 5.74) is 1.33. The van der Waals surface area contributed by atoms with Crippen LogP contribution in [0.2, 0.25) is 0 Å². The van der Waals surface area contributed by atoms with E-state index in [4.69, 9.17) is 4.74 Å². The average Bonchev–Trinajstić information content (AvgIpc) is 3.32. The zero-order valence-corrected chi connectivity index (χ0v) is 20.7. The van der Waals surface area contributed by atoms with Gasteiger partial charge in [-0.1, -0.05) is 25.2 Å². The van der Waals surface area contributed by atoms with Crippen molar-refractivity contribution >= 4 is 26.3 Å². The number of rotatable bonds is 7. The van der Waals surface area contributed by atoms with E-state index in [0.717, 1.165) is 5.01 Å². The summed E-state index contributed by atoms with van der Waals surface area (Å²) in [7, 11) is -2.54. The van der Waals surface area contributed by atoms with Crippen molar-refractivity contribution in [2.24, 2.45) is 0 Å². The molecule has 0 amide bonds. The van der Waals surface area contributed by atoms with E-state index in [-0.39, 0.29) is 29.5 Å². The molecule has 33 heavy (non-hydrogen) atoms. The molecule has 3 aromatic rings. The van der Waals surface area contributed by atoms with Crippen LogP contribution in [0.3, 0.4) is 0 Å². The summed E-state index contributed by atoms with van der Waals surface area (Å²) in [5.74, 6) is 0.000821. The number of nitrogens with zero attached hydrogens (tertiary/aromatic N) is 4. The molecule has 0 atom stereocenters. The maximum atomic E-state index is 13.2. The van der Waals surface area contributed by atoms with Gasteiger partial charge in [-0.15, -0.1) is 0 Å². The maximum absolute atomic E-state index is 13.2. The highest BCUT2D eigenvalue weighted by molar-refractivity contribution is 7.89. The number of aliphatic hydroxyl groups is 2. The first-order valence-corrected chi connectivity index (χ1v) is 13.1. The number of aromatic nitrogens is 4. The van der Waals surface area contributed by atoms with Crippen LogP contribution in [-0.2, 0) is 15.4 Å². The van der Waals surface area contributed by atoms with Gasteiger partial charge in [-0.3, -0.25) is 0 Å². The Morgan fingerprint density at radius 3 is 2.64 bits per heavy atom. The number of ether oxygens (including phenoxy) is 1. The molecule has 4 rings (SSSR count). The molecule has 0 radical (unpaired) electrons. The molecule has 0 spiro atoms. The van der Waals surface area contributed by atoms with Crippen LogP contribution in [0.15, 0.2) is 17.2 Å². The van der Waals surface area contributed by atoms with Gasteiger partial charge in [-0.25, -0.2) is 27.6 Å². The Kier molecular flexibility index (Phi) is 6.49. The number of nitrogens with one attached hydrogen (secondary N) is 1. The van der Waals surface area contributed by atoms with Crippen molar-refractivity contribution in [2.75, 3.05) is 13.7 Å². The van der Waals surface area contributed by atoms with Gasteiger partial charge in [0, 0.05) is 23.2 Å². The van der Waals surface area contributed by atoms with Crippen molar-refractivity contribution < 1.29 is 23.4 Å². The molecule has 3 heterocycles. The first-order chi connectivity index (χ1) is 15.6. The molecule has 3 N–H and O–H groups in total. The van der Waals surface area contributed by atoms with Crippen LogP contribution >= 0.6 is 11.3 Å². The zero-order valence-electron chi connectivity index (χ0n) is 19.1. The molecule has 1 aliphatic rings. The molecule has 0 saturated heterocycles. The van der Waals surface area contributed by atoms with Gasteiger partial charge in [0.05, 0.1) is 31.2 Å². The van der Waals surface area contributed by atoms with Crippen LogP contribution in [0.5, 0.6) is 5.88 Å². The maximum Gasteiger partial charge on any atom is 0.246 e. The normalized spacial score (nSPS) is 19.8. The lowest BCUT2D eigenvalue weighted by Crippen LogP contribution is -2.38. The van der Waals surface area contributed by atoms with Gasteiger partial charge >= 0.3 is 0 Å². The summed E-state index contributed by atoms with van der Waals surface area (Å²) in [6, 6.07) is 1.27. The van der Waals surface area contributed by atoms with Gasteiger partial charge in [0.1, 0.15) is 9.90 Å². The van der Waals surface area contributed by atoms with E-state index in [9.17, 15) is 18.6 Å². The second kappa shape index (κ2) is 8.91. The van der Waals surface area contributed by atoms with E-state index in [1.165, 1.54) is 24.5 Å². The first-order valence-electron chi connectivity index (χ1n) is 10.8. The quantitative estimate of drug-likeness (QED) is 0.452. The molecule has 1 saturated carbocycles. The average molecular weight is 496 g/mol. The fraction of sp³-hybridized carbons (Fsp3) is 0.571. The smallest absolute Gasteiger partial charge is 0.246 e. The molecular formula is C21H29N5O5S2. The zero-order chi connectivity index (χ0) is 24.0. The molecule has 180 valence electrons. The third kappa shape index (κ3) is 4.62. The highest BCUT2D eigenvalue weighted by Crippen LogP contribution is 2.34. The van der Waals surface area contributed by atoms with Crippen LogP contribution in [0.1, 0.15) is 50.2 Å². The highest BCUT2D eigenvalue weighted by atomic mass is 32.2. The number of sulfonamides is 1. The van der Waals surface area contributed by atoms with Gasteiger partial charge in [0.25, 0.3) is 0 Å². The van der Waals surface area contributed by atoms with Gasteiger partial charge in [0.15, 0.2) is 0 Å². The van der Waals surface area contributed by atoms with Crippen molar-refractivity contribution in [1.82, 2.24) is 24.3 Å². The Hall–Kier alpha value is -2.12. The SMILES string of the molecule is COc1ncc(-c2c(C)nc3sc(C(C)(C)CO)nn23)cc1S(=O)(=O)N[C@H]1CC[C@@H](O)CC1. The van der Waals surface area contributed by atoms with Gasteiger partial charge < -0.3 is 14.9 Å². The summed E-state index contributed by atoms with van der Waals surface area (Å²) >= 11 is 1.38. The van der Waals surface area contributed by atoms with Crippen molar-refractivity contribution in [1.29, 1.82) is 0 Å². The minimum absolute atomic E-state index is 0.000821. The van der Waals surface area contributed by atoms with Crippen LogP contribution in [0, 0.1) is 6.92 Å². The summed E-state index contributed by atoms with van der Waals surface area (Å²) in [4.78, 5) is 9.43. The van der Waals surface area contributed by atoms with Crippen LogP contribution in [0.25, 0.3) is 16.2 Å². The number of imidazole rings is 1. The standard InChI is InChI=1S/C21H29N5O5S2/c1-12-17(26-20(23-12)32-19(24-26)21(2,3)11-27)13-9-16(18(31-4)22-10-13)33(29,30)25-14-5-7-15(28)8-6-14/h9-10,14-15,25,27-28H,5-8,11H2,1-4H3/t14-,15+. The minimum Gasteiger partial charge on any atom is -0.480 e. The van der Waals surface area contributed by atoms with E-state index < -0.39 is 15.4 Å². The van der Waals surface area contributed by atoms with Crippen LogP contribution in [0.4, 0.5) is 0 Å². The lowest BCUT2D eigenvalue weighted by atomic mass is 9.94. The molecular weight excluding hydrogens is 466 g/mol. The molecule has 12 heteroatoms. The molecule has 1 aliphatic carbocycles.